The lowest BCUT2D eigenvalue weighted by Gasteiger charge is -2.42. The quantitative estimate of drug-likeness (QED) is 0.737. The van der Waals surface area contributed by atoms with Gasteiger partial charge in [0.1, 0.15) is 11.3 Å². The van der Waals surface area contributed by atoms with Crippen molar-refractivity contribution in [2.75, 3.05) is 10.2 Å². The largest absolute Gasteiger partial charge is 0.479 e. The molecule has 1 aliphatic heterocycles. The number of para-hydroxylation sites is 3. The maximum Gasteiger partial charge on any atom is 0.348 e. The second kappa shape index (κ2) is 8.57. The van der Waals surface area contributed by atoms with E-state index in [0.29, 0.717) is 23.5 Å². The van der Waals surface area contributed by atoms with Crippen molar-refractivity contribution < 1.29 is 23.9 Å². The molecular weight excluding hydrogens is 384 g/mol. The van der Waals surface area contributed by atoms with Crippen LogP contribution in [0.1, 0.15) is 34.1 Å². The number of carbonyl (C=O) groups excluding carboxylic acids is 3. The summed E-state index contributed by atoms with van der Waals surface area (Å²) in [6.07, 6.45) is -1.55. The third kappa shape index (κ3) is 4.15. The number of hydrogen-bond donors (Lipinski definition) is 1. The van der Waals surface area contributed by atoms with E-state index in [1.54, 1.807) is 69.3 Å². The molecule has 0 saturated heterocycles. The van der Waals surface area contributed by atoms with Crippen LogP contribution in [-0.2, 0) is 19.1 Å². The van der Waals surface area contributed by atoms with Gasteiger partial charge >= 0.3 is 5.97 Å². The van der Waals surface area contributed by atoms with Gasteiger partial charge < -0.3 is 14.8 Å². The van der Waals surface area contributed by atoms with Gasteiger partial charge in [-0.15, -0.1) is 0 Å². The number of nitrogens with zero attached hydrogens (tertiary/aromatic N) is 1. The number of nitrogens with one attached hydrogen (secondary N) is 1. The van der Waals surface area contributed by atoms with Gasteiger partial charge in [0.25, 0.3) is 5.91 Å². The van der Waals surface area contributed by atoms with Crippen LogP contribution in [0, 0.1) is 0 Å². The minimum atomic E-state index is -1.14. The predicted molar refractivity (Wildman–Crippen MR) is 113 cm³/mol. The summed E-state index contributed by atoms with van der Waals surface area (Å²) in [5.41, 5.74) is -0.0494. The fourth-order valence-corrected chi connectivity index (χ4v) is 3.29. The van der Waals surface area contributed by atoms with Gasteiger partial charge in [-0.25, -0.2) is 4.79 Å². The highest BCUT2D eigenvalue weighted by Crippen LogP contribution is 2.37. The van der Waals surface area contributed by atoms with Crippen LogP contribution in [0.5, 0.6) is 5.75 Å². The molecule has 0 fully saturated rings. The summed E-state index contributed by atoms with van der Waals surface area (Å²) in [6.45, 7) is 6.60. The van der Waals surface area contributed by atoms with Crippen molar-refractivity contribution in [1.82, 2.24) is 0 Å². The summed E-state index contributed by atoms with van der Waals surface area (Å²) < 4.78 is 11.1. The van der Waals surface area contributed by atoms with Crippen molar-refractivity contribution in [3.05, 3.63) is 54.6 Å². The zero-order chi connectivity index (χ0) is 21.9. The Morgan fingerprint density at radius 2 is 1.70 bits per heavy atom. The number of benzene rings is 2. The Morgan fingerprint density at radius 3 is 2.37 bits per heavy atom. The molecule has 2 aromatic rings. The van der Waals surface area contributed by atoms with Gasteiger partial charge in [-0.1, -0.05) is 37.3 Å². The van der Waals surface area contributed by atoms with E-state index in [0.717, 1.165) is 0 Å². The molecule has 0 aromatic heterocycles. The SMILES string of the molecule is CC[C@H](Oc1ccccc1)C(=O)O[C@H](C)C(=O)N1c2ccccc2NC(=O)C1(C)C. The Bertz CT molecular complexity index is 942. The number of ether oxygens (including phenoxy) is 2. The van der Waals surface area contributed by atoms with Gasteiger partial charge in [0.2, 0.25) is 5.91 Å². The van der Waals surface area contributed by atoms with Crippen LogP contribution in [0.4, 0.5) is 11.4 Å². The molecule has 0 spiro atoms. The van der Waals surface area contributed by atoms with Crippen LogP contribution >= 0.6 is 0 Å². The second-order valence-electron chi connectivity index (χ2n) is 7.61. The van der Waals surface area contributed by atoms with Crippen molar-refractivity contribution in [2.24, 2.45) is 0 Å². The van der Waals surface area contributed by atoms with Crippen LogP contribution in [-0.4, -0.2) is 35.5 Å². The van der Waals surface area contributed by atoms with Gasteiger partial charge in [0.15, 0.2) is 12.2 Å². The third-order valence-corrected chi connectivity index (χ3v) is 5.02. The van der Waals surface area contributed by atoms with E-state index in [1.807, 2.05) is 6.07 Å². The van der Waals surface area contributed by atoms with E-state index in [-0.39, 0.29) is 5.91 Å². The number of carbonyl (C=O) groups is 3. The third-order valence-electron chi connectivity index (χ3n) is 5.02. The molecule has 0 bridgehead atoms. The lowest BCUT2D eigenvalue weighted by Crippen LogP contribution is -2.60. The maximum atomic E-state index is 13.3. The zero-order valence-electron chi connectivity index (χ0n) is 17.5. The second-order valence-corrected chi connectivity index (χ2v) is 7.61. The van der Waals surface area contributed by atoms with E-state index in [9.17, 15) is 14.4 Å². The molecule has 0 aliphatic carbocycles. The summed E-state index contributed by atoms with van der Waals surface area (Å²) in [5.74, 6) is -0.880. The molecule has 2 atom stereocenters. The monoisotopic (exact) mass is 410 g/mol. The smallest absolute Gasteiger partial charge is 0.348 e. The molecule has 0 radical (unpaired) electrons. The van der Waals surface area contributed by atoms with Gasteiger partial charge in [-0.2, -0.15) is 0 Å². The first-order valence-electron chi connectivity index (χ1n) is 9.92. The molecule has 1 aliphatic rings. The highest BCUT2D eigenvalue weighted by molar-refractivity contribution is 6.15. The van der Waals surface area contributed by atoms with Crippen molar-refractivity contribution in [2.45, 2.75) is 51.9 Å². The number of esters is 1. The molecule has 3 rings (SSSR count). The normalized spacial score (nSPS) is 16.7. The minimum Gasteiger partial charge on any atom is -0.479 e. The minimum absolute atomic E-state index is 0.313. The lowest BCUT2D eigenvalue weighted by atomic mass is 9.95. The lowest BCUT2D eigenvalue weighted by molar-refractivity contribution is -0.161. The molecule has 0 saturated carbocycles. The number of anilines is 2. The topological polar surface area (TPSA) is 84.9 Å². The average Bonchev–Trinajstić information content (AvgIpc) is 2.73. The Kier molecular flexibility index (Phi) is 6.10. The Balaban J connectivity index is 1.77. The van der Waals surface area contributed by atoms with Crippen LogP contribution < -0.4 is 15.0 Å². The average molecular weight is 410 g/mol. The van der Waals surface area contributed by atoms with E-state index < -0.39 is 29.6 Å². The summed E-state index contributed by atoms with van der Waals surface area (Å²) in [5, 5.41) is 2.81. The zero-order valence-corrected chi connectivity index (χ0v) is 17.5. The van der Waals surface area contributed by atoms with E-state index in [4.69, 9.17) is 9.47 Å². The van der Waals surface area contributed by atoms with Crippen molar-refractivity contribution >= 4 is 29.2 Å². The molecule has 0 unspecified atom stereocenters. The Hall–Kier alpha value is -3.35. The summed E-state index contributed by atoms with van der Waals surface area (Å²) >= 11 is 0. The van der Waals surface area contributed by atoms with Crippen LogP contribution in [0.15, 0.2) is 54.6 Å². The summed E-state index contributed by atoms with van der Waals surface area (Å²) in [6, 6.07) is 16.0. The number of fused-ring (bicyclic) bond motifs is 1. The summed E-state index contributed by atoms with van der Waals surface area (Å²) in [7, 11) is 0. The molecular formula is C23H26N2O5. The fourth-order valence-electron chi connectivity index (χ4n) is 3.29. The predicted octanol–water partition coefficient (Wildman–Crippen LogP) is 3.54. The van der Waals surface area contributed by atoms with Crippen molar-refractivity contribution in [3.8, 4) is 5.75 Å². The van der Waals surface area contributed by atoms with Gasteiger partial charge in [0.05, 0.1) is 11.4 Å². The Labute approximate surface area is 176 Å². The molecule has 7 nitrogen and oxygen atoms in total. The molecule has 7 heteroatoms. The van der Waals surface area contributed by atoms with E-state index in [2.05, 4.69) is 5.32 Å². The van der Waals surface area contributed by atoms with Gasteiger partial charge in [-0.3, -0.25) is 14.5 Å². The van der Waals surface area contributed by atoms with Crippen LogP contribution in [0.3, 0.4) is 0 Å². The number of amides is 2. The highest BCUT2D eigenvalue weighted by atomic mass is 16.6. The van der Waals surface area contributed by atoms with E-state index >= 15 is 0 Å². The first-order valence-corrected chi connectivity index (χ1v) is 9.92. The van der Waals surface area contributed by atoms with E-state index in [1.165, 1.54) is 11.8 Å². The van der Waals surface area contributed by atoms with Gasteiger partial charge in [-0.05, 0) is 51.5 Å². The Morgan fingerprint density at radius 1 is 1.07 bits per heavy atom. The maximum absolute atomic E-state index is 13.3. The molecule has 158 valence electrons. The molecule has 2 amide bonds. The van der Waals surface area contributed by atoms with Gasteiger partial charge in [0, 0.05) is 0 Å². The summed E-state index contributed by atoms with van der Waals surface area (Å²) in [4.78, 5) is 39.9. The van der Waals surface area contributed by atoms with Crippen molar-refractivity contribution in [3.63, 3.8) is 0 Å². The first kappa shape index (κ1) is 21.4. The molecule has 30 heavy (non-hydrogen) atoms. The number of hydrogen-bond acceptors (Lipinski definition) is 5. The standard InChI is InChI=1S/C23H26N2O5/c1-5-19(30-16-11-7-6-8-12-16)21(27)29-15(2)20(26)25-18-14-10-9-13-17(18)24-22(28)23(25,3)4/h6-15,19H,5H2,1-4H3,(H,24,28)/t15-,19+/m1/s1. The molecule has 1 heterocycles. The molecule has 1 N–H and O–H groups in total. The highest BCUT2D eigenvalue weighted by Gasteiger charge is 2.45. The first-order chi connectivity index (χ1) is 14.3. The van der Waals surface area contributed by atoms with Crippen molar-refractivity contribution in [1.29, 1.82) is 0 Å². The van der Waals surface area contributed by atoms with Crippen LogP contribution in [0.25, 0.3) is 0 Å². The molecule has 2 aromatic carbocycles. The number of rotatable bonds is 6. The fraction of sp³-hybridized carbons (Fsp3) is 0.348. The van der Waals surface area contributed by atoms with Crippen LogP contribution in [0.2, 0.25) is 0 Å².